The maximum Gasteiger partial charge on any atom is 0.330 e. The molecule has 27 heavy (non-hydrogen) atoms. The topological polar surface area (TPSA) is 180 Å². The summed E-state index contributed by atoms with van der Waals surface area (Å²) in [5.74, 6) is -2.12. The van der Waals surface area contributed by atoms with Crippen molar-refractivity contribution in [1.82, 2.24) is 9.55 Å². The number of ether oxygens (including phenoxy) is 2. The molecule has 3 N–H and O–H groups in total. The first-order valence-electron chi connectivity index (χ1n) is 8.03. The van der Waals surface area contributed by atoms with Crippen molar-refractivity contribution in [3.05, 3.63) is 43.3 Å². The van der Waals surface area contributed by atoms with Crippen LogP contribution in [0.3, 0.4) is 0 Å². The first kappa shape index (κ1) is 20.6. The number of aromatic nitrogens is 2. The largest absolute Gasteiger partial charge is 0.462 e. The first-order valence-corrected chi connectivity index (χ1v) is 8.03. The molecule has 1 aliphatic rings. The molecule has 2 rings (SSSR count). The predicted molar refractivity (Wildman–Crippen MR) is 86.0 cm³/mol. The summed E-state index contributed by atoms with van der Waals surface area (Å²) in [5, 5.41) is 23.4. The van der Waals surface area contributed by atoms with Gasteiger partial charge in [0.15, 0.2) is 6.23 Å². The van der Waals surface area contributed by atoms with Gasteiger partial charge in [0, 0.05) is 4.91 Å². The van der Waals surface area contributed by atoms with Crippen molar-refractivity contribution < 1.29 is 28.9 Å². The van der Waals surface area contributed by atoms with Gasteiger partial charge in [0.1, 0.15) is 31.0 Å². The maximum absolute atomic E-state index is 13.4. The van der Waals surface area contributed by atoms with Crippen LogP contribution in [0.2, 0.25) is 0 Å². The van der Waals surface area contributed by atoms with Crippen molar-refractivity contribution in [2.75, 3.05) is 6.61 Å². The van der Waals surface area contributed by atoms with E-state index in [4.69, 9.17) is 15.0 Å². The van der Waals surface area contributed by atoms with E-state index in [-0.39, 0.29) is 6.42 Å². The third-order valence-corrected chi connectivity index (χ3v) is 3.95. The normalized spacial score (nSPS) is 25.6. The third-order valence-electron chi connectivity index (χ3n) is 3.95. The van der Waals surface area contributed by atoms with E-state index in [2.05, 4.69) is 10.0 Å². The smallest absolute Gasteiger partial charge is 0.330 e. The molecule has 0 bridgehead atoms. The Morgan fingerprint density at radius 3 is 2.85 bits per heavy atom. The number of aliphatic hydroxyl groups is 2. The van der Waals surface area contributed by atoms with E-state index in [9.17, 15) is 29.0 Å². The highest BCUT2D eigenvalue weighted by Gasteiger charge is 2.45. The van der Waals surface area contributed by atoms with Crippen molar-refractivity contribution in [2.24, 2.45) is 5.11 Å². The molecule has 0 aliphatic carbocycles. The van der Waals surface area contributed by atoms with Gasteiger partial charge in [-0.1, -0.05) is 18.5 Å². The summed E-state index contributed by atoms with van der Waals surface area (Å²) in [6.07, 6.45) is -4.60. The van der Waals surface area contributed by atoms with Gasteiger partial charge in [-0.25, -0.2) is 4.79 Å². The fourth-order valence-corrected chi connectivity index (χ4v) is 2.57. The van der Waals surface area contributed by atoms with Gasteiger partial charge in [-0.3, -0.25) is 19.1 Å². The van der Waals surface area contributed by atoms with Gasteiger partial charge >= 0.3 is 11.7 Å². The second kappa shape index (κ2) is 8.77. The highest BCUT2D eigenvalue weighted by atomic mass is 19.1. The van der Waals surface area contributed by atoms with Gasteiger partial charge < -0.3 is 19.7 Å². The molecule has 12 nitrogen and oxygen atoms in total. The molecular weight excluding hydrogens is 369 g/mol. The van der Waals surface area contributed by atoms with Crippen LogP contribution in [-0.4, -0.2) is 56.7 Å². The Kier molecular flexibility index (Phi) is 6.69. The van der Waals surface area contributed by atoms with E-state index in [1.165, 1.54) is 0 Å². The van der Waals surface area contributed by atoms with Crippen molar-refractivity contribution in [3.63, 3.8) is 0 Å². The molecule has 1 aliphatic heterocycles. The number of carbonyl (C=O) groups excluding carboxylic acids is 1. The molecule has 1 saturated heterocycles. The molecule has 2 heterocycles. The Balaban J connectivity index is 2.10. The SMILES string of the molecule is CCCC(N=[N+]=[N-])C(=O)OC[C@H]1O[C@@H](n2cc(F)c(=O)[nH]c2=O)[C@H](O)[C@@H]1O. The number of nitrogens with one attached hydrogen (secondary N) is 1. The van der Waals surface area contributed by atoms with Crippen molar-refractivity contribution >= 4 is 5.97 Å². The van der Waals surface area contributed by atoms with Crippen molar-refractivity contribution in [2.45, 2.75) is 50.3 Å². The number of hydrogen-bond acceptors (Lipinski definition) is 8. The number of hydrogen-bond donors (Lipinski definition) is 3. The highest BCUT2D eigenvalue weighted by Crippen LogP contribution is 2.28. The molecule has 148 valence electrons. The summed E-state index contributed by atoms with van der Waals surface area (Å²) < 4.78 is 24.2. The second-order valence-corrected chi connectivity index (χ2v) is 5.83. The predicted octanol–water partition coefficient (Wildman–Crippen LogP) is -0.683. The minimum absolute atomic E-state index is 0.258. The van der Waals surface area contributed by atoms with Gasteiger partial charge in [0.05, 0.1) is 6.20 Å². The molecular formula is C14H18FN5O7. The minimum atomic E-state index is -1.65. The van der Waals surface area contributed by atoms with E-state index in [0.29, 0.717) is 17.2 Å². The Morgan fingerprint density at radius 2 is 2.22 bits per heavy atom. The van der Waals surface area contributed by atoms with E-state index < -0.39 is 60.2 Å². The minimum Gasteiger partial charge on any atom is -0.462 e. The Bertz CT molecular complexity index is 849. The van der Waals surface area contributed by atoms with Crippen molar-refractivity contribution in [1.29, 1.82) is 0 Å². The number of azide groups is 1. The van der Waals surface area contributed by atoms with Gasteiger partial charge in [0.2, 0.25) is 5.82 Å². The number of halogens is 1. The summed E-state index contributed by atoms with van der Waals surface area (Å²) in [6, 6.07) is -1.05. The van der Waals surface area contributed by atoms with E-state index in [0.717, 1.165) is 0 Å². The van der Waals surface area contributed by atoms with Crippen LogP contribution in [0.5, 0.6) is 0 Å². The van der Waals surface area contributed by atoms with Crippen LogP contribution in [0.25, 0.3) is 10.4 Å². The zero-order chi connectivity index (χ0) is 20.1. The molecule has 0 amide bonds. The summed E-state index contributed by atoms with van der Waals surface area (Å²) in [6.45, 7) is 1.27. The van der Waals surface area contributed by atoms with Crippen LogP contribution in [0.4, 0.5) is 4.39 Å². The monoisotopic (exact) mass is 387 g/mol. The standard InChI is InChI=1S/C14H18FN5O7/c1-2-3-7(18-19-16)13(24)26-5-8-9(21)10(22)12(27-8)20-4-6(15)11(23)17-14(20)25/h4,7-10,12,21-22H,2-3,5H2,1H3,(H,17,23,25)/t7?,8-,9-,10-,12-/m1/s1. The van der Waals surface area contributed by atoms with E-state index in [1.807, 2.05) is 0 Å². The van der Waals surface area contributed by atoms with Crippen LogP contribution in [0, 0.1) is 5.82 Å². The number of aromatic amines is 1. The van der Waals surface area contributed by atoms with E-state index in [1.54, 1.807) is 11.9 Å². The number of esters is 1. The molecule has 5 atom stereocenters. The summed E-state index contributed by atoms with van der Waals surface area (Å²) in [7, 11) is 0. The zero-order valence-electron chi connectivity index (χ0n) is 14.2. The van der Waals surface area contributed by atoms with Crippen LogP contribution in [-0.2, 0) is 14.3 Å². The quantitative estimate of drug-likeness (QED) is 0.240. The van der Waals surface area contributed by atoms with E-state index >= 15 is 0 Å². The second-order valence-electron chi connectivity index (χ2n) is 5.83. The molecule has 1 fully saturated rings. The fourth-order valence-electron chi connectivity index (χ4n) is 2.57. The Morgan fingerprint density at radius 1 is 1.52 bits per heavy atom. The number of aliphatic hydroxyl groups excluding tert-OH is 2. The summed E-state index contributed by atoms with van der Waals surface area (Å²) in [5.41, 5.74) is 6.17. The lowest BCUT2D eigenvalue weighted by Gasteiger charge is -2.17. The van der Waals surface area contributed by atoms with Crippen LogP contribution in [0.1, 0.15) is 26.0 Å². The van der Waals surface area contributed by atoms with Crippen molar-refractivity contribution in [3.8, 4) is 0 Å². The average molecular weight is 387 g/mol. The zero-order valence-corrected chi connectivity index (χ0v) is 14.2. The fraction of sp³-hybridized carbons (Fsp3) is 0.643. The highest BCUT2D eigenvalue weighted by molar-refractivity contribution is 5.75. The van der Waals surface area contributed by atoms with Gasteiger partial charge in [0.25, 0.3) is 5.56 Å². The molecule has 1 aromatic heterocycles. The number of carbonyl (C=O) groups is 1. The van der Waals surface area contributed by atoms with Crippen LogP contribution < -0.4 is 11.2 Å². The summed E-state index contributed by atoms with van der Waals surface area (Å²) >= 11 is 0. The third kappa shape index (κ3) is 4.52. The lowest BCUT2D eigenvalue weighted by atomic mass is 10.1. The van der Waals surface area contributed by atoms with Crippen LogP contribution in [0.15, 0.2) is 20.9 Å². The number of nitrogens with zero attached hydrogens (tertiary/aromatic N) is 4. The Labute approximate surface area is 150 Å². The molecule has 0 spiro atoms. The van der Waals surface area contributed by atoms with Gasteiger partial charge in [-0.2, -0.15) is 4.39 Å². The summed E-state index contributed by atoms with van der Waals surface area (Å²) in [4.78, 5) is 39.0. The van der Waals surface area contributed by atoms with Gasteiger partial charge in [-0.05, 0) is 12.0 Å². The molecule has 1 unspecified atom stereocenters. The lowest BCUT2D eigenvalue weighted by molar-refractivity contribution is -0.151. The average Bonchev–Trinajstić information content (AvgIpc) is 2.91. The number of rotatable bonds is 7. The van der Waals surface area contributed by atoms with Crippen LogP contribution >= 0.6 is 0 Å². The molecule has 13 heteroatoms. The molecule has 0 saturated carbocycles. The lowest BCUT2D eigenvalue weighted by Crippen LogP contribution is -2.39. The molecule has 1 aromatic rings. The Hall–Kier alpha value is -2.73. The molecule has 0 aromatic carbocycles. The number of H-pyrrole nitrogens is 1. The van der Waals surface area contributed by atoms with Gasteiger partial charge in [-0.15, -0.1) is 0 Å². The molecule has 0 radical (unpaired) electrons. The maximum atomic E-state index is 13.4. The first-order chi connectivity index (χ1) is 12.8.